The van der Waals surface area contributed by atoms with Gasteiger partial charge < -0.3 is 4.48 Å². The van der Waals surface area contributed by atoms with Crippen molar-refractivity contribution in [3.63, 3.8) is 0 Å². The number of hydrogen-bond acceptors (Lipinski definition) is 4. The molecule has 1 aliphatic rings. The molecule has 0 amide bonds. The Bertz CT molecular complexity index is 551. The molecule has 1 saturated heterocycles. The van der Waals surface area contributed by atoms with E-state index in [2.05, 4.69) is 20.9 Å². The summed E-state index contributed by atoms with van der Waals surface area (Å²) < 4.78 is 30.7. The van der Waals surface area contributed by atoms with Crippen LogP contribution in [0.2, 0.25) is 0 Å². The van der Waals surface area contributed by atoms with Crippen LogP contribution in [-0.2, 0) is 18.1 Å². The Labute approximate surface area is 232 Å². The van der Waals surface area contributed by atoms with Crippen LogP contribution in [0, 0.1) is 0 Å². The predicted octanol–water partition coefficient (Wildman–Crippen LogP) is 10.2. The minimum atomic E-state index is -3.43. The first-order chi connectivity index (χ1) is 18.0. The minimum absolute atomic E-state index is 0.0159. The van der Waals surface area contributed by atoms with E-state index < -0.39 is 7.82 Å². The van der Waals surface area contributed by atoms with Gasteiger partial charge in [-0.15, -0.1) is 0 Å². The molecule has 0 aliphatic carbocycles. The van der Waals surface area contributed by atoms with Crippen LogP contribution in [0.4, 0.5) is 0 Å². The molecule has 1 aliphatic heterocycles. The quantitative estimate of drug-likeness (QED) is 0.0615. The fourth-order valence-electron chi connectivity index (χ4n) is 5.55. The number of unbranched alkanes of at least 4 members (excludes halogenated alkanes) is 18. The number of piperidine rings is 1. The van der Waals surface area contributed by atoms with Crippen LogP contribution < -0.4 is 0 Å². The van der Waals surface area contributed by atoms with Crippen LogP contribution >= 0.6 is 7.82 Å². The van der Waals surface area contributed by atoms with Gasteiger partial charge in [-0.2, -0.15) is 0 Å². The Kier molecular flexibility index (Phi) is 21.7. The van der Waals surface area contributed by atoms with Gasteiger partial charge in [-0.25, -0.2) is 4.57 Å². The largest absolute Gasteiger partial charge is 0.474 e. The van der Waals surface area contributed by atoms with Crippen molar-refractivity contribution >= 4 is 7.82 Å². The van der Waals surface area contributed by atoms with Gasteiger partial charge in [-0.05, 0) is 19.3 Å². The van der Waals surface area contributed by atoms with Crippen molar-refractivity contribution in [2.75, 3.05) is 40.4 Å². The Balaban J connectivity index is 2.04. The maximum absolute atomic E-state index is 12.9. The number of hydrogen-bond donors (Lipinski definition) is 0. The van der Waals surface area contributed by atoms with E-state index in [1.54, 1.807) is 0 Å². The normalized spacial score (nSPS) is 21.8. The zero-order valence-corrected chi connectivity index (χ0v) is 26.4. The van der Waals surface area contributed by atoms with E-state index in [-0.39, 0.29) is 6.10 Å². The summed E-state index contributed by atoms with van der Waals surface area (Å²) in [6.07, 6.45) is 28.6. The second-order valence-electron chi connectivity index (χ2n) is 11.9. The van der Waals surface area contributed by atoms with Crippen molar-refractivity contribution in [1.82, 2.24) is 0 Å². The highest BCUT2D eigenvalue weighted by Crippen LogP contribution is 2.51. The molecule has 0 aromatic heterocycles. The lowest BCUT2D eigenvalue weighted by molar-refractivity contribution is -0.915. The lowest BCUT2D eigenvalue weighted by atomic mass is 10.0. The average molecular weight is 547 g/mol. The van der Waals surface area contributed by atoms with Crippen molar-refractivity contribution in [2.24, 2.45) is 0 Å². The molecule has 1 atom stereocenters. The summed E-state index contributed by atoms with van der Waals surface area (Å²) in [6.45, 7) is 8.40. The van der Waals surface area contributed by atoms with Crippen molar-refractivity contribution < 1.29 is 22.6 Å². The predicted molar refractivity (Wildman–Crippen MR) is 159 cm³/mol. The number of phosphoric acid groups is 1. The van der Waals surface area contributed by atoms with Crippen LogP contribution in [0.15, 0.2) is 0 Å². The van der Waals surface area contributed by atoms with E-state index in [0.717, 1.165) is 43.3 Å². The molecule has 1 fully saturated rings. The van der Waals surface area contributed by atoms with E-state index >= 15 is 0 Å². The van der Waals surface area contributed by atoms with Gasteiger partial charge in [-0.3, -0.25) is 13.6 Å². The van der Waals surface area contributed by atoms with Gasteiger partial charge in [0.1, 0.15) is 0 Å². The standard InChI is InChI=1S/C31H65NO4P/c1-5-7-9-11-13-14-15-16-17-18-19-20-21-23-27-32(3)28-25-31(26-29-32)36-37(33,34-4)35-30-24-22-12-10-8-6-2/h31H,5-30H2,1-4H3/q+1. The first kappa shape index (κ1) is 35.1. The third kappa shape index (κ3) is 18.9. The second-order valence-corrected chi connectivity index (χ2v) is 13.7. The summed E-state index contributed by atoms with van der Waals surface area (Å²) in [5.74, 6) is 0. The van der Waals surface area contributed by atoms with E-state index in [4.69, 9.17) is 13.6 Å². The lowest BCUT2D eigenvalue weighted by Gasteiger charge is -2.40. The molecule has 0 aromatic rings. The van der Waals surface area contributed by atoms with Gasteiger partial charge >= 0.3 is 7.82 Å². The van der Waals surface area contributed by atoms with Gasteiger partial charge in [-0.1, -0.05) is 123 Å². The fraction of sp³-hybridized carbons (Fsp3) is 1.00. The number of nitrogens with zero attached hydrogens (tertiary/aromatic N) is 1. The minimum Gasteiger partial charge on any atom is -0.326 e. The fourth-order valence-corrected chi connectivity index (χ4v) is 6.73. The highest BCUT2D eigenvalue weighted by atomic mass is 31.2. The molecule has 222 valence electrons. The summed E-state index contributed by atoms with van der Waals surface area (Å²) in [5.41, 5.74) is 0. The average Bonchev–Trinajstić information content (AvgIpc) is 2.90. The molecular formula is C31H65NO4P+. The Morgan fingerprint density at radius 3 is 1.49 bits per heavy atom. The van der Waals surface area contributed by atoms with E-state index in [9.17, 15) is 4.57 Å². The number of rotatable bonds is 26. The highest BCUT2D eigenvalue weighted by molar-refractivity contribution is 7.48. The van der Waals surface area contributed by atoms with Gasteiger partial charge in [0.25, 0.3) is 0 Å². The van der Waals surface area contributed by atoms with Gasteiger partial charge in [0.2, 0.25) is 0 Å². The van der Waals surface area contributed by atoms with Crippen molar-refractivity contribution in [2.45, 2.75) is 161 Å². The zero-order valence-electron chi connectivity index (χ0n) is 25.5. The molecular weight excluding hydrogens is 481 g/mol. The lowest BCUT2D eigenvalue weighted by Crippen LogP contribution is -2.51. The molecule has 0 bridgehead atoms. The van der Waals surface area contributed by atoms with E-state index in [0.29, 0.717) is 6.61 Å². The topological polar surface area (TPSA) is 44.8 Å². The molecule has 0 spiro atoms. The molecule has 1 heterocycles. The monoisotopic (exact) mass is 546 g/mol. The van der Waals surface area contributed by atoms with E-state index in [1.807, 2.05) is 0 Å². The summed E-state index contributed by atoms with van der Waals surface area (Å²) in [5, 5.41) is 0. The van der Waals surface area contributed by atoms with E-state index in [1.165, 1.54) is 129 Å². The molecule has 1 unspecified atom stereocenters. The Hall–Kier alpha value is 0.0700. The summed E-state index contributed by atoms with van der Waals surface area (Å²) >= 11 is 0. The van der Waals surface area contributed by atoms with Crippen molar-refractivity contribution in [1.29, 1.82) is 0 Å². The molecule has 0 aromatic carbocycles. The number of likely N-dealkylation sites (tertiary alicyclic amines) is 1. The molecule has 6 heteroatoms. The van der Waals surface area contributed by atoms with Gasteiger partial charge in [0.15, 0.2) is 0 Å². The number of phosphoric ester groups is 1. The Morgan fingerprint density at radius 1 is 0.649 bits per heavy atom. The third-order valence-electron chi connectivity index (χ3n) is 8.28. The molecule has 0 radical (unpaired) electrons. The van der Waals surface area contributed by atoms with Gasteiger partial charge in [0.05, 0.1) is 39.4 Å². The van der Waals surface area contributed by atoms with Crippen LogP contribution in [-0.4, -0.2) is 51.0 Å². The van der Waals surface area contributed by atoms with Crippen LogP contribution in [0.5, 0.6) is 0 Å². The van der Waals surface area contributed by atoms with Crippen LogP contribution in [0.25, 0.3) is 0 Å². The zero-order chi connectivity index (χ0) is 27.1. The molecule has 0 saturated carbocycles. The van der Waals surface area contributed by atoms with Gasteiger partial charge in [0, 0.05) is 20.0 Å². The smallest absolute Gasteiger partial charge is 0.326 e. The summed E-state index contributed by atoms with van der Waals surface area (Å²) in [4.78, 5) is 0. The van der Waals surface area contributed by atoms with Crippen molar-refractivity contribution in [3.05, 3.63) is 0 Å². The van der Waals surface area contributed by atoms with Crippen LogP contribution in [0.3, 0.4) is 0 Å². The summed E-state index contributed by atoms with van der Waals surface area (Å²) in [7, 11) is 0.392. The third-order valence-corrected chi connectivity index (χ3v) is 9.78. The molecule has 0 N–H and O–H groups in total. The maximum atomic E-state index is 12.9. The maximum Gasteiger partial charge on any atom is 0.474 e. The first-order valence-electron chi connectivity index (χ1n) is 16.3. The Morgan fingerprint density at radius 2 is 1.05 bits per heavy atom. The molecule has 1 rings (SSSR count). The van der Waals surface area contributed by atoms with Crippen molar-refractivity contribution in [3.8, 4) is 0 Å². The molecule has 37 heavy (non-hydrogen) atoms. The second kappa shape index (κ2) is 22.8. The molecule has 5 nitrogen and oxygen atoms in total. The van der Waals surface area contributed by atoms with Crippen LogP contribution in [0.1, 0.15) is 155 Å². The SMILES string of the molecule is CCCCCCCCCCCCCCCC[N+]1(C)CCC(OP(=O)(OC)OCCCCCCCC)CC1. The summed E-state index contributed by atoms with van der Waals surface area (Å²) in [6, 6.07) is 0. The highest BCUT2D eigenvalue weighted by Gasteiger charge is 2.36. The number of quaternary nitrogens is 1. The first-order valence-corrected chi connectivity index (χ1v) is 17.8.